The number of rotatable bonds is 5. The monoisotopic (exact) mass is 381 g/mol. The lowest BCUT2D eigenvalue weighted by Crippen LogP contribution is -2.55. The van der Waals surface area contributed by atoms with Crippen LogP contribution in [-0.2, 0) is 15.9 Å². The van der Waals surface area contributed by atoms with Crippen molar-refractivity contribution >= 4 is 6.09 Å². The van der Waals surface area contributed by atoms with Gasteiger partial charge in [-0.3, -0.25) is 4.90 Å². The van der Waals surface area contributed by atoms with Crippen molar-refractivity contribution in [1.82, 2.24) is 25.5 Å². The van der Waals surface area contributed by atoms with E-state index in [0.29, 0.717) is 31.2 Å². The van der Waals surface area contributed by atoms with Gasteiger partial charge in [-0.1, -0.05) is 0 Å². The molecule has 5 atom stereocenters. The van der Waals surface area contributed by atoms with Gasteiger partial charge >= 0.3 is 6.09 Å². The van der Waals surface area contributed by atoms with Crippen LogP contribution in [0.2, 0.25) is 0 Å². The number of ether oxygens (including phenoxy) is 2. The van der Waals surface area contributed by atoms with Gasteiger partial charge in [0.2, 0.25) is 11.8 Å². The van der Waals surface area contributed by atoms with E-state index in [4.69, 9.17) is 13.9 Å². The average molecular weight is 381 g/mol. The minimum absolute atomic E-state index is 0.0334. The zero-order valence-electron chi connectivity index (χ0n) is 15.9. The molecule has 0 saturated carbocycles. The predicted molar refractivity (Wildman–Crippen MR) is 91.6 cm³/mol. The Morgan fingerprint density at radius 1 is 1.33 bits per heavy atom. The summed E-state index contributed by atoms with van der Waals surface area (Å²) in [6, 6.07) is 0.136. The number of nitrogens with one attached hydrogen (secondary N) is 1. The summed E-state index contributed by atoms with van der Waals surface area (Å²) in [5.41, 5.74) is -0.504. The number of carbonyl (C=O) groups excluding carboxylic acids is 1. The Morgan fingerprint density at radius 3 is 2.93 bits per heavy atom. The lowest BCUT2D eigenvalue weighted by Gasteiger charge is -2.42. The largest absolute Gasteiger partial charge is 0.444 e. The van der Waals surface area contributed by atoms with Gasteiger partial charge in [0.1, 0.15) is 5.60 Å². The maximum atomic E-state index is 11.6. The molecule has 27 heavy (non-hydrogen) atoms. The molecule has 2 N–H and O–H groups in total. The number of hydroxylamine groups is 2. The molecule has 3 aliphatic rings. The van der Waals surface area contributed by atoms with Crippen LogP contribution in [0, 0.1) is 0 Å². The highest BCUT2D eigenvalue weighted by Crippen LogP contribution is 2.45. The number of fused-ring (bicyclic) bond motifs is 4. The molecule has 1 aromatic heterocycles. The number of hydrogen-bond acceptors (Lipinski definition) is 9. The van der Waals surface area contributed by atoms with E-state index in [2.05, 4.69) is 20.4 Å². The van der Waals surface area contributed by atoms with Crippen molar-refractivity contribution in [2.45, 2.75) is 76.6 Å². The molecular weight excluding hydrogens is 354 g/mol. The molecule has 1 amide bonds. The van der Waals surface area contributed by atoms with Crippen LogP contribution in [0.1, 0.15) is 57.9 Å². The molecule has 10 nitrogen and oxygen atoms in total. The van der Waals surface area contributed by atoms with Crippen LogP contribution in [0.4, 0.5) is 4.79 Å². The summed E-state index contributed by atoms with van der Waals surface area (Å²) in [7, 11) is 0. The maximum absolute atomic E-state index is 11.6. The number of aromatic nitrogens is 2. The number of amides is 1. The first-order valence-electron chi connectivity index (χ1n) is 9.49. The Labute approximate surface area is 157 Å². The van der Waals surface area contributed by atoms with Crippen molar-refractivity contribution in [3.05, 3.63) is 11.8 Å². The maximum Gasteiger partial charge on any atom is 0.407 e. The van der Waals surface area contributed by atoms with Gasteiger partial charge in [-0.15, -0.1) is 10.2 Å². The fourth-order valence-electron chi connectivity index (χ4n) is 3.73. The lowest BCUT2D eigenvalue weighted by atomic mass is 9.96. The van der Waals surface area contributed by atoms with E-state index in [9.17, 15) is 10.0 Å². The van der Waals surface area contributed by atoms with E-state index in [0.717, 1.165) is 19.4 Å². The van der Waals surface area contributed by atoms with E-state index in [-0.39, 0.29) is 24.5 Å². The molecule has 0 aromatic carbocycles. The summed E-state index contributed by atoms with van der Waals surface area (Å²) in [6.45, 7) is 6.70. The smallest absolute Gasteiger partial charge is 0.407 e. The average Bonchev–Trinajstić information content (AvgIpc) is 3.27. The van der Waals surface area contributed by atoms with Gasteiger partial charge < -0.3 is 24.4 Å². The molecule has 150 valence electrons. The molecule has 3 saturated heterocycles. The van der Waals surface area contributed by atoms with Crippen molar-refractivity contribution in [1.29, 1.82) is 0 Å². The molecule has 0 radical (unpaired) electrons. The normalized spacial score (nSPS) is 32.7. The quantitative estimate of drug-likeness (QED) is 0.577. The number of aryl methyl sites for hydroxylation is 1. The van der Waals surface area contributed by atoms with Gasteiger partial charge in [-0.2, -0.15) is 5.06 Å². The van der Waals surface area contributed by atoms with Crippen LogP contribution in [0.15, 0.2) is 4.42 Å². The van der Waals surface area contributed by atoms with Gasteiger partial charge in [0, 0.05) is 19.5 Å². The molecule has 1 aromatic rings. The summed E-state index contributed by atoms with van der Waals surface area (Å²) in [5, 5.41) is 22.4. The van der Waals surface area contributed by atoms with Gasteiger partial charge in [0.05, 0.1) is 12.1 Å². The zero-order chi connectivity index (χ0) is 19.2. The third kappa shape index (κ3) is 4.08. The van der Waals surface area contributed by atoms with Crippen LogP contribution < -0.4 is 5.32 Å². The summed E-state index contributed by atoms with van der Waals surface area (Å²) in [4.78, 5) is 13.8. The van der Waals surface area contributed by atoms with Crippen molar-refractivity contribution in [2.24, 2.45) is 0 Å². The highest BCUT2D eigenvalue weighted by Gasteiger charge is 2.58. The van der Waals surface area contributed by atoms with E-state index in [1.807, 2.05) is 20.8 Å². The number of carbonyl (C=O) groups is 1. The van der Waals surface area contributed by atoms with Crippen molar-refractivity contribution in [3.8, 4) is 0 Å². The molecule has 10 heteroatoms. The number of hydrogen-bond donors (Lipinski definition) is 2. The fraction of sp³-hybridized carbons (Fsp3) is 0.824. The Kier molecular flexibility index (Phi) is 4.83. The van der Waals surface area contributed by atoms with Gasteiger partial charge in [-0.25, -0.2) is 4.79 Å². The van der Waals surface area contributed by atoms with E-state index >= 15 is 0 Å². The van der Waals surface area contributed by atoms with Crippen molar-refractivity contribution in [3.63, 3.8) is 0 Å². The Bertz CT molecular complexity index is 689. The first kappa shape index (κ1) is 18.6. The molecule has 2 bridgehead atoms. The number of nitrogens with zero attached hydrogens (tertiary/aromatic N) is 4. The van der Waals surface area contributed by atoms with E-state index in [1.54, 1.807) is 0 Å². The molecule has 4 rings (SSSR count). The van der Waals surface area contributed by atoms with Crippen LogP contribution in [0.3, 0.4) is 0 Å². The molecule has 3 aliphatic heterocycles. The first-order chi connectivity index (χ1) is 12.8. The molecule has 4 heterocycles. The number of alkyl carbamates (subject to hydrolysis) is 1. The minimum atomic E-state index is -0.504. The Morgan fingerprint density at radius 2 is 2.15 bits per heavy atom. The van der Waals surface area contributed by atoms with Crippen LogP contribution in [-0.4, -0.2) is 68.6 Å². The van der Waals surface area contributed by atoms with Crippen LogP contribution >= 0.6 is 0 Å². The second kappa shape index (κ2) is 7.01. The molecule has 3 fully saturated rings. The predicted octanol–water partition coefficient (Wildman–Crippen LogP) is 1.42. The molecule has 0 aliphatic carbocycles. The summed E-state index contributed by atoms with van der Waals surface area (Å²) in [6.07, 6.45) is 2.23. The van der Waals surface area contributed by atoms with E-state index in [1.165, 1.54) is 5.06 Å². The number of piperidine rings is 1. The molecule has 5 unspecified atom stereocenters. The highest BCUT2D eigenvalue weighted by molar-refractivity contribution is 5.67. The Balaban J connectivity index is 1.25. The third-order valence-electron chi connectivity index (χ3n) is 5.01. The van der Waals surface area contributed by atoms with Gasteiger partial charge in [0.15, 0.2) is 12.5 Å². The standard InChI is InChI=1S/C17H27N5O5/c1-17(2,3)27-16(23)18-8-4-5-12-19-20-13(25-12)11-7-6-10-9-21(11)14-15(26-14)22(10)24/h10-11,14-15,24H,4-9H2,1-3H3,(H,18,23). The zero-order valence-corrected chi connectivity index (χ0v) is 15.9. The third-order valence-corrected chi connectivity index (χ3v) is 5.01. The summed E-state index contributed by atoms with van der Waals surface area (Å²) < 4.78 is 16.6. The lowest BCUT2D eigenvalue weighted by molar-refractivity contribution is -0.187. The molecular formula is C17H27N5O5. The first-order valence-corrected chi connectivity index (χ1v) is 9.49. The number of epoxide rings is 1. The van der Waals surface area contributed by atoms with Crippen molar-refractivity contribution in [2.75, 3.05) is 13.1 Å². The fourth-order valence-corrected chi connectivity index (χ4v) is 3.73. The van der Waals surface area contributed by atoms with E-state index < -0.39 is 11.7 Å². The summed E-state index contributed by atoms with van der Waals surface area (Å²) >= 11 is 0. The van der Waals surface area contributed by atoms with Crippen LogP contribution in [0.25, 0.3) is 0 Å². The van der Waals surface area contributed by atoms with Gasteiger partial charge in [0.25, 0.3) is 0 Å². The molecule has 0 spiro atoms. The van der Waals surface area contributed by atoms with Crippen LogP contribution in [0.5, 0.6) is 0 Å². The summed E-state index contributed by atoms with van der Waals surface area (Å²) in [5.74, 6) is 1.16. The minimum Gasteiger partial charge on any atom is -0.444 e. The van der Waals surface area contributed by atoms with Crippen molar-refractivity contribution < 1.29 is 23.9 Å². The Hall–Kier alpha value is -1.75. The topological polar surface area (TPSA) is 116 Å². The second-order valence-electron chi connectivity index (χ2n) is 8.31. The highest BCUT2D eigenvalue weighted by atomic mass is 16.7. The number of piperazine rings is 1. The second-order valence-corrected chi connectivity index (χ2v) is 8.31. The SMILES string of the molecule is CC(C)(C)OC(=O)NCCCc1nnc(C2CCC3CN2C2OC2N3O)o1. The van der Waals surface area contributed by atoms with Gasteiger partial charge in [-0.05, 0) is 40.0 Å².